The molecular formula is C16H20FNO2. The molecule has 0 radical (unpaired) electrons. The van der Waals surface area contributed by atoms with Gasteiger partial charge < -0.3 is 9.64 Å². The number of carbonyl (C=O) groups excluding carboxylic acids is 1. The van der Waals surface area contributed by atoms with Gasteiger partial charge >= 0.3 is 5.97 Å². The zero-order chi connectivity index (χ0) is 14.8. The summed E-state index contributed by atoms with van der Waals surface area (Å²) < 4.78 is 18.2. The molecule has 0 aromatic heterocycles. The molecule has 20 heavy (non-hydrogen) atoms. The second-order valence-electron chi connectivity index (χ2n) is 5.90. The van der Waals surface area contributed by atoms with Gasteiger partial charge in [-0.05, 0) is 51.5 Å². The van der Waals surface area contributed by atoms with Crippen LogP contribution in [0.25, 0.3) is 0 Å². The Labute approximate surface area is 119 Å². The van der Waals surface area contributed by atoms with Crippen LogP contribution < -0.4 is 4.90 Å². The molecule has 0 unspecified atom stereocenters. The molecule has 4 heteroatoms. The van der Waals surface area contributed by atoms with Crippen molar-refractivity contribution in [3.63, 3.8) is 0 Å². The summed E-state index contributed by atoms with van der Waals surface area (Å²) in [7, 11) is 0. The summed E-state index contributed by atoms with van der Waals surface area (Å²) >= 11 is 0. The molecule has 1 aliphatic rings. The highest BCUT2D eigenvalue weighted by molar-refractivity contribution is 5.89. The monoisotopic (exact) mass is 277 g/mol. The van der Waals surface area contributed by atoms with Crippen molar-refractivity contribution >= 4 is 11.7 Å². The lowest BCUT2D eigenvalue weighted by atomic mass is 10.1. The lowest BCUT2D eigenvalue weighted by Crippen LogP contribution is -2.32. The molecular weight excluding hydrogens is 257 g/mol. The fraction of sp³-hybridized carbons (Fsp3) is 0.438. The molecule has 0 saturated carbocycles. The predicted molar refractivity (Wildman–Crippen MR) is 77.2 cm³/mol. The van der Waals surface area contributed by atoms with E-state index in [9.17, 15) is 9.18 Å². The average Bonchev–Trinajstić information content (AvgIpc) is 2.38. The Morgan fingerprint density at radius 2 is 1.90 bits per heavy atom. The minimum atomic E-state index is -0.466. The van der Waals surface area contributed by atoms with E-state index >= 15 is 0 Å². The van der Waals surface area contributed by atoms with Crippen LogP contribution in [-0.2, 0) is 9.53 Å². The van der Waals surface area contributed by atoms with Crippen LogP contribution in [0, 0.1) is 5.82 Å². The molecule has 0 aliphatic carbocycles. The minimum absolute atomic E-state index is 0.240. The smallest absolute Gasteiger partial charge is 0.334 e. The third kappa shape index (κ3) is 3.83. The van der Waals surface area contributed by atoms with E-state index in [2.05, 4.69) is 4.90 Å². The van der Waals surface area contributed by atoms with Gasteiger partial charge in [-0.25, -0.2) is 9.18 Å². The Kier molecular flexibility index (Phi) is 4.12. The number of benzene rings is 1. The molecule has 1 aromatic carbocycles. The summed E-state index contributed by atoms with van der Waals surface area (Å²) in [6.45, 7) is 6.95. The lowest BCUT2D eigenvalue weighted by Gasteiger charge is -2.29. The maximum absolute atomic E-state index is 12.9. The largest absolute Gasteiger partial charge is 0.457 e. The standard InChI is InChI=1S/C16H20FNO2/c1-16(2,3)20-15(19)12-8-10-18(11-9-12)14-6-4-13(17)5-7-14/h4-8H,9-11H2,1-3H3. The number of rotatable bonds is 2. The molecule has 1 aliphatic heterocycles. The number of carbonyl (C=O) groups is 1. The fourth-order valence-electron chi connectivity index (χ4n) is 2.08. The molecule has 0 atom stereocenters. The van der Waals surface area contributed by atoms with Gasteiger partial charge in [-0.15, -0.1) is 0 Å². The third-order valence-corrected chi connectivity index (χ3v) is 3.06. The maximum atomic E-state index is 12.9. The maximum Gasteiger partial charge on any atom is 0.334 e. The van der Waals surface area contributed by atoms with Gasteiger partial charge in [0.2, 0.25) is 0 Å². The SMILES string of the molecule is CC(C)(C)OC(=O)C1=CCN(c2ccc(F)cc2)CC1. The summed E-state index contributed by atoms with van der Waals surface area (Å²) in [4.78, 5) is 14.0. The average molecular weight is 277 g/mol. The Hall–Kier alpha value is -1.84. The van der Waals surface area contributed by atoms with Crippen molar-refractivity contribution in [1.82, 2.24) is 0 Å². The number of halogens is 1. The fourth-order valence-corrected chi connectivity index (χ4v) is 2.08. The Bertz CT molecular complexity index is 514. The first-order valence-electron chi connectivity index (χ1n) is 6.78. The van der Waals surface area contributed by atoms with Crippen molar-refractivity contribution in [2.24, 2.45) is 0 Å². The number of hydrogen-bond acceptors (Lipinski definition) is 3. The minimum Gasteiger partial charge on any atom is -0.457 e. The number of esters is 1. The van der Waals surface area contributed by atoms with Crippen LogP contribution in [0.15, 0.2) is 35.9 Å². The van der Waals surface area contributed by atoms with Crippen LogP contribution in [-0.4, -0.2) is 24.7 Å². The summed E-state index contributed by atoms with van der Waals surface area (Å²) in [5.74, 6) is -0.480. The van der Waals surface area contributed by atoms with Crippen molar-refractivity contribution < 1.29 is 13.9 Å². The van der Waals surface area contributed by atoms with E-state index in [0.717, 1.165) is 17.8 Å². The Balaban J connectivity index is 2.00. The zero-order valence-electron chi connectivity index (χ0n) is 12.1. The number of anilines is 1. The molecule has 0 bridgehead atoms. The highest BCUT2D eigenvalue weighted by atomic mass is 19.1. The molecule has 3 nitrogen and oxygen atoms in total. The molecule has 1 aromatic rings. The second kappa shape index (κ2) is 5.65. The van der Waals surface area contributed by atoms with Gasteiger partial charge in [-0.3, -0.25) is 0 Å². The van der Waals surface area contributed by atoms with Gasteiger partial charge in [0, 0.05) is 24.4 Å². The summed E-state index contributed by atoms with van der Waals surface area (Å²) in [5.41, 5.74) is 1.22. The summed E-state index contributed by atoms with van der Waals surface area (Å²) in [6, 6.07) is 6.40. The van der Waals surface area contributed by atoms with Crippen molar-refractivity contribution in [3.05, 3.63) is 41.7 Å². The van der Waals surface area contributed by atoms with Crippen LogP contribution in [0.2, 0.25) is 0 Å². The van der Waals surface area contributed by atoms with Crippen molar-refractivity contribution in [2.45, 2.75) is 32.8 Å². The van der Waals surface area contributed by atoms with Gasteiger partial charge in [0.25, 0.3) is 0 Å². The first-order chi connectivity index (χ1) is 9.35. The topological polar surface area (TPSA) is 29.5 Å². The molecule has 108 valence electrons. The van der Waals surface area contributed by atoms with E-state index in [0.29, 0.717) is 13.0 Å². The zero-order valence-corrected chi connectivity index (χ0v) is 12.1. The van der Waals surface area contributed by atoms with Crippen molar-refractivity contribution in [1.29, 1.82) is 0 Å². The van der Waals surface area contributed by atoms with Crippen LogP contribution in [0.3, 0.4) is 0 Å². The quantitative estimate of drug-likeness (QED) is 0.777. The molecule has 1 heterocycles. The van der Waals surface area contributed by atoms with Gasteiger partial charge in [0.15, 0.2) is 0 Å². The number of nitrogens with zero attached hydrogens (tertiary/aromatic N) is 1. The third-order valence-electron chi connectivity index (χ3n) is 3.06. The highest BCUT2D eigenvalue weighted by Gasteiger charge is 2.22. The number of ether oxygens (including phenoxy) is 1. The van der Waals surface area contributed by atoms with E-state index in [1.807, 2.05) is 26.8 Å². The first kappa shape index (κ1) is 14.6. The molecule has 0 fully saturated rings. The molecule has 2 rings (SSSR count). The highest BCUT2D eigenvalue weighted by Crippen LogP contribution is 2.21. The van der Waals surface area contributed by atoms with E-state index < -0.39 is 5.60 Å². The van der Waals surface area contributed by atoms with E-state index in [4.69, 9.17) is 4.74 Å². The van der Waals surface area contributed by atoms with Crippen LogP contribution in [0.1, 0.15) is 27.2 Å². The van der Waals surface area contributed by atoms with Gasteiger partial charge in [-0.2, -0.15) is 0 Å². The predicted octanol–water partition coefficient (Wildman–Crippen LogP) is 3.30. The normalized spacial score (nSPS) is 15.8. The molecule has 0 spiro atoms. The molecule has 0 amide bonds. The second-order valence-corrected chi connectivity index (χ2v) is 5.90. The lowest BCUT2D eigenvalue weighted by molar-refractivity contribution is -0.150. The van der Waals surface area contributed by atoms with Crippen LogP contribution >= 0.6 is 0 Å². The first-order valence-corrected chi connectivity index (χ1v) is 6.78. The molecule has 0 saturated heterocycles. The number of hydrogen-bond donors (Lipinski definition) is 0. The summed E-state index contributed by atoms with van der Waals surface area (Å²) in [5, 5.41) is 0. The van der Waals surface area contributed by atoms with Crippen molar-refractivity contribution in [2.75, 3.05) is 18.0 Å². The van der Waals surface area contributed by atoms with Crippen LogP contribution in [0.4, 0.5) is 10.1 Å². The van der Waals surface area contributed by atoms with Crippen LogP contribution in [0.5, 0.6) is 0 Å². The van der Waals surface area contributed by atoms with E-state index in [1.54, 1.807) is 12.1 Å². The van der Waals surface area contributed by atoms with E-state index in [-0.39, 0.29) is 11.8 Å². The van der Waals surface area contributed by atoms with Crippen molar-refractivity contribution in [3.8, 4) is 0 Å². The van der Waals surface area contributed by atoms with Gasteiger partial charge in [0.1, 0.15) is 11.4 Å². The van der Waals surface area contributed by atoms with Gasteiger partial charge in [-0.1, -0.05) is 6.08 Å². The van der Waals surface area contributed by atoms with E-state index in [1.165, 1.54) is 12.1 Å². The molecule has 0 N–H and O–H groups in total. The Morgan fingerprint density at radius 1 is 1.25 bits per heavy atom. The Morgan fingerprint density at radius 3 is 2.40 bits per heavy atom. The van der Waals surface area contributed by atoms with Gasteiger partial charge in [0.05, 0.1) is 0 Å². The summed E-state index contributed by atoms with van der Waals surface area (Å²) in [6.07, 6.45) is 2.53.